The maximum atomic E-state index is 12.7. The van der Waals surface area contributed by atoms with Crippen molar-refractivity contribution in [2.75, 3.05) is 18.0 Å². The molecule has 1 aromatic carbocycles. The summed E-state index contributed by atoms with van der Waals surface area (Å²) in [5.74, 6) is 1.03. The lowest BCUT2D eigenvalue weighted by Gasteiger charge is -2.15. The van der Waals surface area contributed by atoms with E-state index >= 15 is 0 Å². The van der Waals surface area contributed by atoms with Crippen LogP contribution in [0.15, 0.2) is 41.3 Å². The molecule has 8 heteroatoms. The van der Waals surface area contributed by atoms with Gasteiger partial charge in [-0.1, -0.05) is 26.0 Å². The number of quaternary nitrogens is 1. The van der Waals surface area contributed by atoms with Gasteiger partial charge in [0, 0.05) is 13.0 Å². The summed E-state index contributed by atoms with van der Waals surface area (Å²) in [4.78, 5) is 2.32. The topological polar surface area (TPSA) is 104 Å². The van der Waals surface area contributed by atoms with Gasteiger partial charge in [-0.25, -0.2) is 4.72 Å². The van der Waals surface area contributed by atoms with Crippen LogP contribution in [0.2, 0.25) is 0 Å². The Hall–Kier alpha value is -2.50. The fraction of sp³-hybridized carbons (Fsp3) is 0.389. The number of rotatable bonds is 5. The highest BCUT2D eigenvalue weighted by atomic mass is 32.2. The van der Waals surface area contributed by atoms with Gasteiger partial charge in [0.25, 0.3) is 0 Å². The lowest BCUT2D eigenvalue weighted by Crippen LogP contribution is -2.93. The molecule has 136 valence electrons. The minimum Gasteiger partial charge on any atom is -0.349 e. The number of nitriles is 1. The Bertz CT molecular complexity index is 902. The normalized spacial score (nSPS) is 17.5. The quantitative estimate of drug-likeness (QED) is 0.840. The van der Waals surface area contributed by atoms with Crippen molar-refractivity contribution in [1.82, 2.24) is 10.2 Å². The molecule has 1 aromatic heterocycles. The molecule has 7 nitrogen and oxygen atoms in total. The third-order valence-corrected chi connectivity index (χ3v) is 6.23. The van der Waals surface area contributed by atoms with Gasteiger partial charge in [0.1, 0.15) is 17.0 Å². The molecule has 1 saturated heterocycles. The van der Waals surface area contributed by atoms with Crippen LogP contribution in [0.3, 0.4) is 0 Å². The predicted molar refractivity (Wildman–Crippen MR) is 97.0 cm³/mol. The van der Waals surface area contributed by atoms with Crippen molar-refractivity contribution in [3.63, 3.8) is 0 Å². The average Bonchev–Trinajstić information content (AvgIpc) is 3.09. The number of anilines is 1. The SMILES string of the molecule is CC(C)c1ccc(S(=O)(=O)[NH2+]C2CCN(c3ccc(C#N)nn3)C2)cc1. The predicted octanol–water partition coefficient (Wildman–Crippen LogP) is 1.00. The summed E-state index contributed by atoms with van der Waals surface area (Å²) in [6.45, 7) is 5.44. The Morgan fingerprint density at radius 2 is 1.92 bits per heavy atom. The zero-order valence-electron chi connectivity index (χ0n) is 14.8. The van der Waals surface area contributed by atoms with Crippen molar-refractivity contribution in [3.05, 3.63) is 47.7 Å². The summed E-state index contributed by atoms with van der Waals surface area (Å²) in [6.07, 6.45) is 0.741. The van der Waals surface area contributed by atoms with Crippen LogP contribution < -0.4 is 9.62 Å². The van der Waals surface area contributed by atoms with Gasteiger partial charge in [-0.3, -0.25) is 0 Å². The van der Waals surface area contributed by atoms with Gasteiger partial charge in [0.2, 0.25) is 0 Å². The van der Waals surface area contributed by atoms with Crippen molar-refractivity contribution in [2.24, 2.45) is 0 Å². The molecule has 2 aromatic rings. The lowest BCUT2D eigenvalue weighted by molar-refractivity contribution is -0.534. The Morgan fingerprint density at radius 3 is 2.50 bits per heavy atom. The highest BCUT2D eigenvalue weighted by molar-refractivity contribution is 7.84. The average molecular weight is 372 g/mol. The summed E-state index contributed by atoms with van der Waals surface area (Å²) < 4.78 is 26.8. The van der Waals surface area contributed by atoms with E-state index < -0.39 is 10.0 Å². The summed E-state index contributed by atoms with van der Waals surface area (Å²) >= 11 is 0. The van der Waals surface area contributed by atoms with Crippen LogP contribution in [0.25, 0.3) is 0 Å². The molecule has 0 radical (unpaired) electrons. The maximum absolute atomic E-state index is 12.7. The highest BCUT2D eigenvalue weighted by Gasteiger charge is 2.31. The van der Waals surface area contributed by atoms with E-state index in [4.69, 9.17) is 5.26 Å². The molecule has 0 amide bonds. The Morgan fingerprint density at radius 1 is 1.19 bits per heavy atom. The van der Waals surface area contributed by atoms with E-state index in [2.05, 4.69) is 24.0 Å². The van der Waals surface area contributed by atoms with Crippen LogP contribution in [0.5, 0.6) is 0 Å². The van der Waals surface area contributed by atoms with Crippen molar-refractivity contribution in [1.29, 1.82) is 5.26 Å². The van der Waals surface area contributed by atoms with Crippen molar-refractivity contribution in [3.8, 4) is 6.07 Å². The van der Waals surface area contributed by atoms with Crippen LogP contribution in [-0.4, -0.2) is 37.7 Å². The fourth-order valence-electron chi connectivity index (χ4n) is 3.03. The molecular formula is C18H22N5O2S+. The first kappa shape index (κ1) is 18.3. The molecule has 0 bridgehead atoms. The van der Waals surface area contributed by atoms with E-state index in [1.54, 1.807) is 24.3 Å². The molecule has 1 aliphatic rings. The van der Waals surface area contributed by atoms with E-state index in [1.165, 1.54) is 4.72 Å². The molecule has 1 atom stereocenters. The van der Waals surface area contributed by atoms with Crippen LogP contribution in [0, 0.1) is 11.3 Å². The Kier molecular flexibility index (Phi) is 5.20. The minimum atomic E-state index is -3.43. The standard InChI is InChI=1S/C18H21N5O2S/c1-13(2)14-3-6-17(7-4-14)26(24,25)22-16-9-10-23(12-16)18-8-5-15(11-19)20-21-18/h3-8,13,16,22H,9-10,12H2,1-2H3/p+1. The molecule has 1 fully saturated rings. The molecule has 1 unspecified atom stereocenters. The number of primary sulfonamides is 1. The Labute approximate surface area is 153 Å². The molecular weight excluding hydrogens is 350 g/mol. The minimum absolute atomic E-state index is 0.0674. The summed E-state index contributed by atoms with van der Waals surface area (Å²) in [5, 5.41) is 16.6. The molecule has 1 aliphatic heterocycles. The van der Waals surface area contributed by atoms with E-state index in [0.717, 1.165) is 12.0 Å². The monoisotopic (exact) mass is 372 g/mol. The molecule has 0 spiro atoms. The summed E-state index contributed by atoms with van der Waals surface area (Å²) in [6, 6.07) is 12.3. The van der Waals surface area contributed by atoms with Gasteiger partial charge in [-0.2, -0.15) is 13.7 Å². The molecule has 26 heavy (non-hydrogen) atoms. The second-order valence-corrected chi connectivity index (χ2v) is 8.62. The van der Waals surface area contributed by atoms with Gasteiger partial charge in [0.15, 0.2) is 11.5 Å². The summed E-state index contributed by atoms with van der Waals surface area (Å²) in [5.41, 5.74) is 1.39. The Balaban J connectivity index is 1.66. The maximum Gasteiger partial charge on any atom is 0.324 e. The summed E-state index contributed by atoms with van der Waals surface area (Å²) in [7, 11) is -3.43. The second-order valence-electron chi connectivity index (χ2n) is 6.79. The van der Waals surface area contributed by atoms with Crippen molar-refractivity contribution >= 4 is 15.8 Å². The van der Waals surface area contributed by atoms with Gasteiger partial charge < -0.3 is 4.90 Å². The highest BCUT2D eigenvalue weighted by Crippen LogP contribution is 2.18. The third kappa shape index (κ3) is 4.00. The van der Waals surface area contributed by atoms with E-state index in [0.29, 0.717) is 29.7 Å². The van der Waals surface area contributed by atoms with Crippen molar-refractivity contribution in [2.45, 2.75) is 37.1 Å². The van der Waals surface area contributed by atoms with E-state index in [1.807, 2.05) is 23.1 Å². The lowest BCUT2D eigenvalue weighted by atomic mass is 10.0. The zero-order valence-corrected chi connectivity index (χ0v) is 15.6. The van der Waals surface area contributed by atoms with Crippen LogP contribution in [0.1, 0.15) is 37.4 Å². The largest absolute Gasteiger partial charge is 0.349 e. The van der Waals surface area contributed by atoms with Crippen LogP contribution in [-0.2, 0) is 10.0 Å². The van der Waals surface area contributed by atoms with Gasteiger partial charge in [-0.15, -0.1) is 10.2 Å². The number of hydrogen-bond donors (Lipinski definition) is 1. The van der Waals surface area contributed by atoms with E-state index in [-0.39, 0.29) is 11.7 Å². The van der Waals surface area contributed by atoms with Crippen LogP contribution >= 0.6 is 0 Å². The number of nitrogens with two attached hydrogens (primary N) is 1. The molecule has 2 N–H and O–H groups in total. The van der Waals surface area contributed by atoms with Crippen molar-refractivity contribution < 1.29 is 13.1 Å². The van der Waals surface area contributed by atoms with Crippen LogP contribution in [0.4, 0.5) is 5.82 Å². The van der Waals surface area contributed by atoms with Gasteiger partial charge in [0.05, 0.1) is 6.54 Å². The zero-order chi connectivity index (χ0) is 18.7. The second kappa shape index (κ2) is 7.40. The van der Waals surface area contributed by atoms with Gasteiger partial charge in [-0.05, 0) is 35.7 Å². The number of hydrogen-bond acceptors (Lipinski definition) is 6. The molecule has 3 rings (SSSR count). The smallest absolute Gasteiger partial charge is 0.324 e. The number of aromatic nitrogens is 2. The number of sulfonamides is 1. The fourth-order valence-corrected chi connectivity index (χ4v) is 4.44. The van der Waals surface area contributed by atoms with Gasteiger partial charge >= 0.3 is 10.0 Å². The number of nitrogens with zero attached hydrogens (tertiary/aromatic N) is 4. The molecule has 2 heterocycles. The first-order valence-corrected chi connectivity index (χ1v) is 10.1. The third-order valence-electron chi connectivity index (χ3n) is 4.56. The van der Waals surface area contributed by atoms with E-state index in [9.17, 15) is 8.42 Å². The molecule has 0 aliphatic carbocycles. The first-order chi connectivity index (χ1) is 12.4. The first-order valence-electron chi connectivity index (χ1n) is 8.58. The number of benzene rings is 1. The molecule has 0 saturated carbocycles.